The SMILES string of the molecule is Cc1cccc(C(=O)Nc2ccc(C(=O)N/N=C\c3cccc(Br)c3)cc2)c1. The van der Waals surface area contributed by atoms with Crippen LogP contribution < -0.4 is 10.7 Å². The van der Waals surface area contributed by atoms with Crippen LogP contribution in [0.4, 0.5) is 5.69 Å². The zero-order valence-electron chi connectivity index (χ0n) is 15.1. The molecule has 28 heavy (non-hydrogen) atoms. The van der Waals surface area contributed by atoms with Gasteiger partial charge in [-0.2, -0.15) is 5.10 Å². The van der Waals surface area contributed by atoms with Crippen molar-refractivity contribution in [1.82, 2.24) is 5.43 Å². The third-order valence-corrected chi connectivity index (χ3v) is 4.41. The van der Waals surface area contributed by atoms with E-state index in [2.05, 4.69) is 31.8 Å². The molecule has 3 aromatic rings. The van der Waals surface area contributed by atoms with Crippen LogP contribution in [0, 0.1) is 6.92 Å². The van der Waals surface area contributed by atoms with Crippen molar-refractivity contribution < 1.29 is 9.59 Å². The first kappa shape index (κ1) is 19.5. The van der Waals surface area contributed by atoms with Crippen molar-refractivity contribution in [3.8, 4) is 0 Å². The zero-order valence-corrected chi connectivity index (χ0v) is 16.7. The van der Waals surface area contributed by atoms with Gasteiger partial charge in [0.2, 0.25) is 0 Å². The summed E-state index contributed by atoms with van der Waals surface area (Å²) >= 11 is 3.38. The van der Waals surface area contributed by atoms with Crippen LogP contribution in [0.2, 0.25) is 0 Å². The van der Waals surface area contributed by atoms with Gasteiger partial charge in [-0.1, -0.05) is 45.8 Å². The maximum atomic E-state index is 12.3. The summed E-state index contributed by atoms with van der Waals surface area (Å²) in [7, 11) is 0. The lowest BCUT2D eigenvalue weighted by Crippen LogP contribution is -2.17. The fourth-order valence-corrected chi connectivity index (χ4v) is 2.93. The average Bonchev–Trinajstić information content (AvgIpc) is 2.68. The smallest absolute Gasteiger partial charge is 0.271 e. The van der Waals surface area contributed by atoms with Crippen molar-refractivity contribution in [2.45, 2.75) is 6.92 Å². The van der Waals surface area contributed by atoms with E-state index in [9.17, 15) is 9.59 Å². The van der Waals surface area contributed by atoms with Gasteiger partial charge in [0.25, 0.3) is 11.8 Å². The molecule has 0 saturated carbocycles. The van der Waals surface area contributed by atoms with Crippen molar-refractivity contribution in [1.29, 1.82) is 0 Å². The molecule has 0 aliphatic heterocycles. The molecule has 0 aromatic heterocycles. The Bertz CT molecular complexity index is 1030. The van der Waals surface area contributed by atoms with Gasteiger partial charge in [0, 0.05) is 21.3 Å². The van der Waals surface area contributed by atoms with Gasteiger partial charge in [0.05, 0.1) is 6.21 Å². The summed E-state index contributed by atoms with van der Waals surface area (Å²) in [5.74, 6) is -0.526. The number of hydrazone groups is 1. The van der Waals surface area contributed by atoms with Gasteiger partial charge in [-0.3, -0.25) is 9.59 Å². The Kier molecular flexibility index (Phi) is 6.34. The predicted molar refractivity (Wildman–Crippen MR) is 115 cm³/mol. The van der Waals surface area contributed by atoms with Crippen LogP contribution in [0.25, 0.3) is 0 Å². The molecule has 5 nitrogen and oxygen atoms in total. The molecule has 0 unspecified atom stereocenters. The van der Waals surface area contributed by atoms with E-state index in [1.807, 2.05) is 49.4 Å². The van der Waals surface area contributed by atoms with Gasteiger partial charge < -0.3 is 5.32 Å². The Morgan fingerprint density at radius 2 is 1.64 bits per heavy atom. The van der Waals surface area contributed by atoms with Crippen LogP contribution in [0.1, 0.15) is 31.8 Å². The molecule has 0 aliphatic rings. The number of nitrogens with zero attached hydrogens (tertiary/aromatic N) is 1. The Labute approximate surface area is 171 Å². The van der Waals surface area contributed by atoms with Crippen LogP contribution in [0.5, 0.6) is 0 Å². The Balaban J connectivity index is 1.59. The first-order chi connectivity index (χ1) is 13.5. The van der Waals surface area contributed by atoms with E-state index in [0.29, 0.717) is 16.8 Å². The number of anilines is 1. The number of carbonyl (C=O) groups excluding carboxylic acids is 2. The summed E-state index contributed by atoms with van der Waals surface area (Å²) in [6, 6.07) is 21.6. The van der Waals surface area contributed by atoms with Crippen molar-refractivity contribution in [3.63, 3.8) is 0 Å². The second kappa shape index (κ2) is 9.10. The van der Waals surface area contributed by atoms with Crippen molar-refractivity contribution in [3.05, 3.63) is 99.5 Å². The third kappa shape index (κ3) is 5.37. The number of hydrogen-bond acceptors (Lipinski definition) is 3. The largest absolute Gasteiger partial charge is 0.322 e. The Morgan fingerprint density at radius 3 is 2.36 bits per heavy atom. The molecular formula is C22H18BrN3O2. The van der Waals surface area contributed by atoms with E-state index in [4.69, 9.17) is 0 Å². The molecule has 2 N–H and O–H groups in total. The summed E-state index contributed by atoms with van der Waals surface area (Å²) in [5.41, 5.74) is 6.01. The fourth-order valence-electron chi connectivity index (χ4n) is 2.51. The number of hydrogen-bond donors (Lipinski definition) is 2. The highest BCUT2D eigenvalue weighted by Gasteiger charge is 2.08. The van der Waals surface area contributed by atoms with E-state index in [1.165, 1.54) is 0 Å². The van der Waals surface area contributed by atoms with E-state index in [-0.39, 0.29) is 11.8 Å². The zero-order chi connectivity index (χ0) is 19.9. The van der Waals surface area contributed by atoms with Gasteiger partial charge in [-0.15, -0.1) is 0 Å². The van der Waals surface area contributed by atoms with Crippen LogP contribution in [-0.4, -0.2) is 18.0 Å². The quantitative estimate of drug-likeness (QED) is 0.447. The molecule has 2 amide bonds. The normalized spacial score (nSPS) is 10.6. The van der Waals surface area contributed by atoms with Crippen LogP contribution in [0.3, 0.4) is 0 Å². The van der Waals surface area contributed by atoms with Gasteiger partial charge >= 0.3 is 0 Å². The maximum Gasteiger partial charge on any atom is 0.271 e. The molecule has 0 bridgehead atoms. The highest BCUT2D eigenvalue weighted by molar-refractivity contribution is 9.10. The van der Waals surface area contributed by atoms with E-state index in [0.717, 1.165) is 15.6 Å². The molecule has 0 fully saturated rings. The average molecular weight is 436 g/mol. The second-order valence-corrected chi connectivity index (χ2v) is 7.07. The summed E-state index contributed by atoms with van der Waals surface area (Å²) in [6.07, 6.45) is 1.57. The summed E-state index contributed by atoms with van der Waals surface area (Å²) in [6.45, 7) is 1.93. The van der Waals surface area contributed by atoms with Gasteiger partial charge in [-0.05, 0) is 61.0 Å². The first-order valence-electron chi connectivity index (χ1n) is 8.58. The van der Waals surface area contributed by atoms with Crippen LogP contribution in [-0.2, 0) is 0 Å². The number of benzene rings is 3. The standard InChI is InChI=1S/C22H18BrN3O2/c1-15-4-2-6-18(12-15)21(27)25-20-10-8-17(9-11-20)22(28)26-24-14-16-5-3-7-19(23)13-16/h2-14H,1H3,(H,25,27)(H,26,28)/b24-14-. The first-order valence-corrected chi connectivity index (χ1v) is 9.37. The summed E-state index contributed by atoms with van der Waals surface area (Å²) < 4.78 is 0.936. The van der Waals surface area contributed by atoms with E-state index >= 15 is 0 Å². The number of rotatable bonds is 5. The minimum atomic E-state index is -0.331. The molecule has 0 spiro atoms. The van der Waals surface area contributed by atoms with Crippen LogP contribution in [0.15, 0.2) is 82.4 Å². The number of carbonyl (C=O) groups is 2. The topological polar surface area (TPSA) is 70.6 Å². The predicted octanol–water partition coefficient (Wildman–Crippen LogP) is 4.77. The minimum Gasteiger partial charge on any atom is -0.322 e. The van der Waals surface area contributed by atoms with Crippen molar-refractivity contribution >= 4 is 39.6 Å². The molecule has 0 aliphatic carbocycles. The summed E-state index contributed by atoms with van der Waals surface area (Å²) in [4.78, 5) is 24.4. The summed E-state index contributed by atoms with van der Waals surface area (Å²) in [5, 5.41) is 6.78. The molecule has 0 radical (unpaired) electrons. The molecule has 3 rings (SSSR count). The second-order valence-electron chi connectivity index (χ2n) is 6.16. The van der Waals surface area contributed by atoms with E-state index in [1.54, 1.807) is 36.5 Å². The van der Waals surface area contributed by atoms with E-state index < -0.39 is 0 Å². The van der Waals surface area contributed by atoms with Gasteiger partial charge in [0.15, 0.2) is 0 Å². The van der Waals surface area contributed by atoms with Gasteiger partial charge in [0.1, 0.15) is 0 Å². The third-order valence-electron chi connectivity index (χ3n) is 3.91. The fraction of sp³-hybridized carbons (Fsp3) is 0.0455. The highest BCUT2D eigenvalue weighted by atomic mass is 79.9. The molecule has 0 heterocycles. The van der Waals surface area contributed by atoms with Crippen LogP contribution >= 0.6 is 15.9 Å². The molecule has 6 heteroatoms. The molecular weight excluding hydrogens is 418 g/mol. The Morgan fingerprint density at radius 1 is 0.893 bits per heavy atom. The highest BCUT2D eigenvalue weighted by Crippen LogP contribution is 2.13. The van der Waals surface area contributed by atoms with Gasteiger partial charge in [-0.25, -0.2) is 5.43 Å². The molecule has 3 aromatic carbocycles. The Hall–Kier alpha value is -3.25. The lowest BCUT2D eigenvalue weighted by molar-refractivity contribution is 0.0954. The number of aryl methyl sites for hydroxylation is 1. The minimum absolute atomic E-state index is 0.195. The molecule has 140 valence electrons. The van der Waals surface area contributed by atoms with Crippen molar-refractivity contribution in [2.75, 3.05) is 5.32 Å². The monoisotopic (exact) mass is 435 g/mol. The number of halogens is 1. The lowest BCUT2D eigenvalue weighted by atomic mass is 10.1. The van der Waals surface area contributed by atoms with Crippen molar-refractivity contribution in [2.24, 2.45) is 5.10 Å². The lowest BCUT2D eigenvalue weighted by Gasteiger charge is -2.07. The molecule has 0 atom stereocenters. The number of amides is 2. The maximum absolute atomic E-state index is 12.3. The molecule has 0 saturated heterocycles. The number of nitrogens with one attached hydrogen (secondary N) is 2.